The average molecular weight is 397 g/mol. The Bertz CT molecular complexity index is 1060. The van der Waals surface area contributed by atoms with Gasteiger partial charge < -0.3 is 18.6 Å². The number of fused-ring (bicyclic) bond motifs is 1. The van der Waals surface area contributed by atoms with E-state index in [2.05, 4.69) is 0 Å². The van der Waals surface area contributed by atoms with Gasteiger partial charge in [-0.15, -0.1) is 0 Å². The predicted molar refractivity (Wildman–Crippen MR) is 109 cm³/mol. The molecule has 0 atom stereocenters. The molecule has 0 saturated heterocycles. The summed E-state index contributed by atoms with van der Waals surface area (Å²) < 4.78 is 22.7. The van der Waals surface area contributed by atoms with E-state index in [-0.39, 0.29) is 13.2 Å². The molecule has 7 nitrogen and oxygen atoms in total. The molecule has 0 amide bonds. The first-order chi connectivity index (χ1) is 14.1. The van der Waals surface area contributed by atoms with Gasteiger partial charge >= 0.3 is 11.7 Å². The fourth-order valence-electron chi connectivity index (χ4n) is 2.91. The lowest BCUT2D eigenvalue weighted by molar-refractivity contribution is -0.146. The van der Waals surface area contributed by atoms with Gasteiger partial charge in [0.1, 0.15) is 0 Å². The summed E-state index contributed by atoms with van der Waals surface area (Å²) in [6.45, 7) is 2.27. The van der Waals surface area contributed by atoms with Crippen molar-refractivity contribution in [3.8, 4) is 11.5 Å². The number of ether oxygens (including phenoxy) is 3. The number of hydrogen-bond acceptors (Lipinski definition) is 6. The van der Waals surface area contributed by atoms with Gasteiger partial charge in [-0.2, -0.15) is 0 Å². The van der Waals surface area contributed by atoms with E-state index in [1.165, 1.54) is 4.57 Å². The van der Waals surface area contributed by atoms with Crippen LogP contribution in [0, 0.1) is 0 Å². The molecular weight excluding hydrogens is 374 g/mol. The van der Waals surface area contributed by atoms with Crippen molar-refractivity contribution in [1.29, 1.82) is 0 Å². The number of hydrogen-bond donors (Lipinski definition) is 0. The van der Waals surface area contributed by atoms with Crippen LogP contribution in [0.4, 0.5) is 0 Å². The first kappa shape index (κ1) is 20.3. The van der Waals surface area contributed by atoms with Crippen molar-refractivity contribution in [2.24, 2.45) is 0 Å². The SMILES string of the molecule is C/C=C/c1ccc(OCC(=O)OCCCn2c(=O)oc3ccccc32)c(OC)c1. The molecule has 0 unspecified atom stereocenters. The molecule has 0 bridgehead atoms. The summed E-state index contributed by atoms with van der Waals surface area (Å²) in [5.41, 5.74) is 2.24. The van der Waals surface area contributed by atoms with Crippen molar-refractivity contribution in [1.82, 2.24) is 4.57 Å². The van der Waals surface area contributed by atoms with E-state index < -0.39 is 11.7 Å². The van der Waals surface area contributed by atoms with Crippen molar-refractivity contribution in [3.05, 3.63) is 64.7 Å². The summed E-state index contributed by atoms with van der Waals surface area (Å²) >= 11 is 0. The van der Waals surface area contributed by atoms with E-state index in [1.54, 1.807) is 25.3 Å². The van der Waals surface area contributed by atoms with E-state index in [4.69, 9.17) is 18.6 Å². The number of aromatic nitrogens is 1. The Kier molecular flexibility index (Phi) is 6.73. The lowest BCUT2D eigenvalue weighted by Gasteiger charge is -2.11. The van der Waals surface area contributed by atoms with Gasteiger partial charge in [0.25, 0.3) is 0 Å². The number of allylic oxidation sites excluding steroid dienone is 1. The Hall–Kier alpha value is -3.48. The molecule has 29 heavy (non-hydrogen) atoms. The highest BCUT2D eigenvalue weighted by molar-refractivity contribution is 5.72. The van der Waals surface area contributed by atoms with E-state index in [0.29, 0.717) is 30.0 Å². The van der Waals surface area contributed by atoms with Gasteiger partial charge in [-0.25, -0.2) is 9.59 Å². The van der Waals surface area contributed by atoms with Crippen LogP contribution in [0.25, 0.3) is 17.2 Å². The maximum atomic E-state index is 11.9. The number of carbonyl (C=O) groups excluding carboxylic acids is 1. The van der Waals surface area contributed by atoms with Crippen molar-refractivity contribution in [2.75, 3.05) is 20.3 Å². The zero-order valence-corrected chi connectivity index (χ0v) is 16.4. The topological polar surface area (TPSA) is 79.9 Å². The van der Waals surface area contributed by atoms with Crippen LogP contribution in [0.2, 0.25) is 0 Å². The Labute approximate surface area is 168 Å². The fraction of sp³-hybridized carbons (Fsp3) is 0.273. The van der Waals surface area contributed by atoms with Gasteiger partial charge in [-0.3, -0.25) is 4.57 Å². The molecule has 0 aliphatic carbocycles. The number of benzene rings is 2. The lowest BCUT2D eigenvalue weighted by atomic mass is 10.2. The fourth-order valence-corrected chi connectivity index (χ4v) is 2.91. The molecule has 0 fully saturated rings. The van der Waals surface area contributed by atoms with Gasteiger partial charge in [0.15, 0.2) is 23.7 Å². The summed E-state index contributed by atoms with van der Waals surface area (Å²) in [5.74, 6) is 0.0945. The molecule has 1 heterocycles. The average Bonchev–Trinajstić information content (AvgIpc) is 3.05. The molecule has 0 saturated carbocycles. The number of carbonyl (C=O) groups is 1. The maximum absolute atomic E-state index is 11.9. The summed E-state index contributed by atoms with van der Waals surface area (Å²) in [6, 6.07) is 12.6. The second kappa shape index (κ2) is 9.64. The van der Waals surface area contributed by atoms with Gasteiger partial charge in [0, 0.05) is 6.54 Å². The van der Waals surface area contributed by atoms with E-state index in [9.17, 15) is 9.59 Å². The number of esters is 1. The third kappa shape index (κ3) is 5.07. The van der Waals surface area contributed by atoms with Crippen LogP contribution in [-0.4, -0.2) is 30.9 Å². The number of methoxy groups -OCH3 is 1. The highest BCUT2D eigenvalue weighted by atomic mass is 16.6. The minimum absolute atomic E-state index is 0.172. The number of nitrogens with zero attached hydrogens (tertiary/aromatic N) is 1. The predicted octanol–water partition coefficient (Wildman–Crippen LogP) is 3.65. The van der Waals surface area contributed by atoms with E-state index in [0.717, 1.165) is 11.1 Å². The van der Waals surface area contributed by atoms with Crippen LogP contribution in [-0.2, 0) is 16.1 Å². The summed E-state index contributed by atoms with van der Waals surface area (Å²) in [4.78, 5) is 23.8. The van der Waals surface area contributed by atoms with Crippen LogP contribution in [0.1, 0.15) is 18.9 Å². The summed E-state index contributed by atoms with van der Waals surface area (Å²) in [6.07, 6.45) is 4.35. The van der Waals surface area contributed by atoms with Crippen molar-refractivity contribution in [3.63, 3.8) is 0 Å². The molecule has 0 aliphatic rings. The number of aryl methyl sites for hydroxylation is 1. The van der Waals surface area contributed by atoms with E-state index >= 15 is 0 Å². The monoisotopic (exact) mass is 397 g/mol. The molecule has 0 N–H and O–H groups in total. The minimum atomic E-state index is -0.492. The Morgan fingerprint density at radius 3 is 2.79 bits per heavy atom. The molecule has 3 aromatic rings. The number of para-hydroxylation sites is 2. The van der Waals surface area contributed by atoms with Gasteiger partial charge in [0.2, 0.25) is 0 Å². The van der Waals surface area contributed by atoms with Gasteiger partial charge in [-0.1, -0.05) is 30.4 Å². The largest absolute Gasteiger partial charge is 0.493 e. The van der Waals surface area contributed by atoms with Crippen LogP contribution >= 0.6 is 0 Å². The third-order valence-electron chi connectivity index (χ3n) is 4.26. The molecule has 0 aliphatic heterocycles. The van der Waals surface area contributed by atoms with Crippen molar-refractivity contribution >= 4 is 23.1 Å². The number of oxazole rings is 1. The molecule has 152 valence electrons. The highest BCUT2D eigenvalue weighted by Crippen LogP contribution is 2.28. The molecule has 3 rings (SSSR count). The Morgan fingerprint density at radius 1 is 1.17 bits per heavy atom. The van der Waals surface area contributed by atoms with Crippen molar-refractivity contribution in [2.45, 2.75) is 19.9 Å². The second-order valence-corrected chi connectivity index (χ2v) is 6.26. The molecule has 7 heteroatoms. The maximum Gasteiger partial charge on any atom is 0.419 e. The van der Waals surface area contributed by atoms with Crippen LogP contribution < -0.4 is 15.2 Å². The molecule has 0 radical (unpaired) electrons. The first-order valence-corrected chi connectivity index (χ1v) is 9.30. The lowest BCUT2D eigenvalue weighted by Crippen LogP contribution is -2.18. The Morgan fingerprint density at radius 2 is 2.00 bits per heavy atom. The summed E-state index contributed by atoms with van der Waals surface area (Å²) in [5, 5.41) is 0. The molecular formula is C22H23NO6. The number of rotatable bonds is 9. The molecule has 1 aromatic heterocycles. The second-order valence-electron chi connectivity index (χ2n) is 6.26. The summed E-state index contributed by atoms with van der Waals surface area (Å²) in [7, 11) is 1.54. The van der Waals surface area contributed by atoms with Crippen LogP contribution in [0.5, 0.6) is 11.5 Å². The van der Waals surface area contributed by atoms with Crippen molar-refractivity contribution < 1.29 is 23.4 Å². The first-order valence-electron chi connectivity index (χ1n) is 9.30. The Balaban J connectivity index is 1.47. The molecule has 0 spiro atoms. The minimum Gasteiger partial charge on any atom is -0.493 e. The smallest absolute Gasteiger partial charge is 0.419 e. The van der Waals surface area contributed by atoms with Gasteiger partial charge in [0.05, 0.1) is 19.2 Å². The van der Waals surface area contributed by atoms with Gasteiger partial charge in [-0.05, 0) is 43.2 Å². The zero-order chi connectivity index (χ0) is 20.6. The quantitative estimate of drug-likeness (QED) is 0.405. The van der Waals surface area contributed by atoms with Crippen LogP contribution in [0.3, 0.4) is 0 Å². The third-order valence-corrected chi connectivity index (χ3v) is 4.26. The van der Waals surface area contributed by atoms with Crippen LogP contribution in [0.15, 0.2) is 57.8 Å². The zero-order valence-electron chi connectivity index (χ0n) is 16.4. The molecule has 2 aromatic carbocycles. The standard InChI is InChI=1S/C22H23NO6/c1-3-7-16-10-11-19(20(14-16)26-2)28-15-21(24)27-13-6-12-23-17-8-4-5-9-18(17)29-22(23)25/h3-5,7-11,14H,6,12-13,15H2,1-2H3/b7-3+. The van der Waals surface area contributed by atoms with E-state index in [1.807, 2.05) is 43.3 Å². The normalized spacial score (nSPS) is 11.1. The highest BCUT2D eigenvalue weighted by Gasteiger charge is 2.11.